The number of aliphatic imine (C=N–C) groups is 1. The minimum atomic E-state index is 0.715. The molecule has 0 aliphatic rings. The van der Waals surface area contributed by atoms with Crippen molar-refractivity contribution in [2.24, 2.45) is 4.99 Å². The number of hydrogen-bond donors (Lipinski definition) is 2. The largest absolute Gasteiger partial charge is 0.494 e. The summed E-state index contributed by atoms with van der Waals surface area (Å²) in [5.74, 6) is 1.72. The van der Waals surface area contributed by atoms with Crippen molar-refractivity contribution in [1.82, 2.24) is 10.6 Å². The lowest BCUT2D eigenvalue weighted by Gasteiger charge is -2.12. The molecule has 0 amide bonds. The van der Waals surface area contributed by atoms with E-state index >= 15 is 0 Å². The van der Waals surface area contributed by atoms with Gasteiger partial charge in [-0.1, -0.05) is 19.1 Å². The molecule has 0 unspecified atom stereocenters. The molecular weight excluding hydrogens is 306 g/mol. The van der Waals surface area contributed by atoms with Crippen molar-refractivity contribution in [2.75, 3.05) is 13.7 Å². The van der Waals surface area contributed by atoms with E-state index in [1.165, 1.54) is 16.0 Å². The lowest BCUT2D eigenvalue weighted by molar-refractivity contribution is 0.317. The van der Waals surface area contributed by atoms with Gasteiger partial charge in [0, 0.05) is 18.5 Å². The average Bonchev–Trinajstić information content (AvgIpc) is 2.98. The van der Waals surface area contributed by atoms with Crippen LogP contribution < -0.4 is 15.4 Å². The maximum Gasteiger partial charge on any atom is 0.191 e. The Labute approximate surface area is 142 Å². The Balaban J connectivity index is 1.84. The lowest BCUT2D eigenvalue weighted by Crippen LogP contribution is -2.36. The van der Waals surface area contributed by atoms with Gasteiger partial charge in [-0.05, 0) is 48.1 Å². The first kappa shape index (κ1) is 17.3. The summed E-state index contributed by atoms with van der Waals surface area (Å²) >= 11 is 1.76. The van der Waals surface area contributed by atoms with E-state index in [-0.39, 0.29) is 0 Å². The van der Waals surface area contributed by atoms with Gasteiger partial charge in [0.05, 0.1) is 13.2 Å². The van der Waals surface area contributed by atoms with Gasteiger partial charge >= 0.3 is 0 Å². The van der Waals surface area contributed by atoms with E-state index in [0.717, 1.165) is 31.3 Å². The number of nitrogens with zero attached hydrogens (tertiary/aromatic N) is 1. The predicted molar refractivity (Wildman–Crippen MR) is 98.3 cm³/mol. The molecule has 23 heavy (non-hydrogen) atoms. The number of thiophene rings is 1. The normalized spacial score (nSPS) is 11.3. The Kier molecular flexibility index (Phi) is 6.94. The Morgan fingerprint density at radius 3 is 2.74 bits per heavy atom. The molecule has 124 valence electrons. The number of guanidine groups is 1. The van der Waals surface area contributed by atoms with Crippen LogP contribution in [0.4, 0.5) is 0 Å². The standard InChI is InChI=1S/C18H25N3OS/c1-4-9-22-16-7-5-6-15(11-16)12-20-18(19-3)21-13-17-14(2)8-10-23-17/h5-8,10-11H,4,9,12-13H2,1-3H3,(H2,19,20,21). The lowest BCUT2D eigenvalue weighted by atomic mass is 10.2. The molecule has 1 heterocycles. The molecule has 0 aliphatic carbocycles. The van der Waals surface area contributed by atoms with E-state index in [1.807, 2.05) is 12.1 Å². The Morgan fingerprint density at radius 1 is 1.22 bits per heavy atom. The smallest absolute Gasteiger partial charge is 0.191 e. The van der Waals surface area contributed by atoms with E-state index in [0.29, 0.717) is 6.54 Å². The van der Waals surface area contributed by atoms with E-state index in [1.54, 1.807) is 18.4 Å². The molecule has 0 atom stereocenters. The second kappa shape index (κ2) is 9.20. The first-order valence-electron chi connectivity index (χ1n) is 7.92. The van der Waals surface area contributed by atoms with Crippen molar-refractivity contribution in [1.29, 1.82) is 0 Å². The summed E-state index contributed by atoms with van der Waals surface area (Å²) < 4.78 is 5.67. The number of rotatable bonds is 7. The number of aryl methyl sites for hydroxylation is 1. The third-order valence-corrected chi connectivity index (χ3v) is 4.46. The van der Waals surface area contributed by atoms with E-state index in [4.69, 9.17) is 4.74 Å². The molecule has 1 aromatic heterocycles. The molecule has 5 heteroatoms. The number of hydrogen-bond acceptors (Lipinski definition) is 3. The highest BCUT2D eigenvalue weighted by Gasteiger charge is 2.03. The highest BCUT2D eigenvalue weighted by molar-refractivity contribution is 7.10. The van der Waals surface area contributed by atoms with Crippen molar-refractivity contribution in [3.63, 3.8) is 0 Å². The van der Waals surface area contributed by atoms with E-state index < -0.39 is 0 Å². The van der Waals surface area contributed by atoms with Crippen LogP contribution in [0.1, 0.15) is 29.3 Å². The fraction of sp³-hybridized carbons (Fsp3) is 0.389. The van der Waals surface area contributed by atoms with Crippen molar-refractivity contribution in [3.05, 3.63) is 51.7 Å². The highest BCUT2D eigenvalue weighted by atomic mass is 32.1. The van der Waals surface area contributed by atoms with Crippen LogP contribution in [-0.2, 0) is 13.1 Å². The van der Waals surface area contributed by atoms with Gasteiger partial charge in [0.25, 0.3) is 0 Å². The van der Waals surface area contributed by atoms with Crippen LogP contribution in [0, 0.1) is 6.92 Å². The van der Waals surface area contributed by atoms with Gasteiger partial charge in [-0.2, -0.15) is 0 Å². The van der Waals surface area contributed by atoms with Gasteiger partial charge < -0.3 is 15.4 Å². The average molecular weight is 331 g/mol. The van der Waals surface area contributed by atoms with Crippen LogP contribution in [0.15, 0.2) is 40.7 Å². The Hall–Kier alpha value is -2.01. The van der Waals surface area contributed by atoms with Gasteiger partial charge in [-0.3, -0.25) is 4.99 Å². The van der Waals surface area contributed by atoms with E-state index in [2.05, 4.69) is 53.1 Å². The molecule has 0 fully saturated rings. The zero-order valence-corrected chi connectivity index (χ0v) is 14.9. The molecule has 0 radical (unpaired) electrons. The van der Waals surface area contributed by atoms with Gasteiger partial charge in [-0.25, -0.2) is 0 Å². The molecule has 0 saturated heterocycles. The summed E-state index contributed by atoms with van der Waals surface area (Å²) in [5, 5.41) is 8.80. The van der Waals surface area contributed by atoms with Crippen LogP contribution in [0.2, 0.25) is 0 Å². The van der Waals surface area contributed by atoms with Crippen LogP contribution in [0.25, 0.3) is 0 Å². The molecule has 2 rings (SSSR count). The zero-order valence-electron chi connectivity index (χ0n) is 14.1. The highest BCUT2D eigenvalue weighted by Crippen LogP contribution is 2.15. The molecule has 0 saturated carbocycles. The first-order valence-corrected chi connectivity index (χ1v) is 8.80. The summed E-state index contributed by atoms with van der Waals surface area (Å²) in [4.78, 5) is 5.61. The zero-order chi connectivity index (χ0) is 16.5. The van der Waals surface area contributed by atoms with Gasteiger partial charge in [0.2, 0.25) is 0 Å². The molecule has 0 bridgehead atoms. The third kappa shape index (κ3) is 5.60. The summed E-state index contributed by atoms with van der Waals surface area (Å²) in [7, 11) is 1.79. The number of ether oxygens (including phenoxy) is 1. The fourth-order valence-corrected chi connectivity index (χ4v) is 2.97. The maximum atomic E-state index is 5.67. The molecule has 1 aromatic carbocycles. The van der Waals surface area contributed by atoms with Gasteiger partial charge in [-0.15, -0.1) is 11.3 Å². The number of benzene rings is 1. The Morgan fingerprint density at radius 2 is 2.04 bits per heavy atom. The van der Waals surface area contributed by atoms with Crippen LogP contribution in [0.3, 0.4) is 0 Å². The van der Waals surface area contributed by atoms with Crippen LogP contribution >= 0.6 is 11.3 Å². The van der Waals surface area contributed by atoms with Crippen molar-refractivity contribution in [2.45, 2.75) is 33.4 Å². The van der Waals surface area contributed by atoms with E-state index in [9.17, 15) is 0 Å². The van der Waals surface area contributed by atoms with Gasteiger partial charge in [0.15, 0.2) is 5.96 Å². The fourth-order valence-electron chi connectivity index (χ4n) is 2.12. The molecule has 0 spiro atoms. The van der Waals surface area contributed by atoms with Gasteiger partial charge in [0.1, 0.15) is 5.75 Å². The van der Waals surface area contributed by atoms with Crippen molar-refractivity contribution >= 4 is 17.3 Å². The SMILES string of the molecule is CCCOc1cccc(CNC(=NC)NCc2sccc2C)c1. The third-order valence-electron chi connectivity index (χ3n) is 3.44. The number of nitrogens with one attached hydrogen (secondary N) is 2. The summed E-state index contributed by atoms with van der Waals surface area (Å²) in [6, 6.07) is 10.3. The molecular formula is C18H25N3OS. The minimum absolute atomic E-state index is 0.715. The second-order valence-corrected chi connectivity index (χ2v) is 6.30. The monoisotopic (exact) mass is 331 g/mol. The minimum Gasteiger partial charge on any atom is -0.494 e. The molecule has 4 nitrogen and oxygen atoms in total. The van der Waals surface area contributed by atoms with Crippen molar-refractivity contribution < 1.29 is 4.74 Å². The Bertz CT molecular complexity index is 637. The topological polar surface area (TPSA) is 45.6 Å². The van der Waals surface area contributed by atoms with Crippen LogP contribution in [0.5, 0.6) is 5.75 Å². The summed E-state index contributed by atoms with van der Waals surface area (Å²) in [6.45, 7) is 6.50. The molecule has 2 aromatic rings. The molecule has 2 N–H and O–H groups in total. The molecule has 0 aliphatic heterocycles. The van der Waals surface area contributed by atoms with Crippen molar-refractivity contribution in [3.8, 4) is 5.75 Å². The first-order chi connectivity index (χ1) is 11.2. The summed E-state index contributed by atoms with van der Waals surface area (Å²) in [6.07, 6.45) is 1.02. The predicted octanol–water partition coefficient (Wildman–Crippen LogP) is 3.71. The maximum absolute atomic E-state index is 5.67. The second-order valence-electron chi connectivity index (χ2n) is 5.30. The quantitative estimate of drug-likeness (QED) is 0.600. The van der Waals surface area contributed by atoms with Crippen LogP contribution in [-0.4, -0.2) is 19.6 Å². The summed E-state index contributed by atoms with van der Waals surface area (Å²) in [5.41, 5.74) is 2.49.